The highest BCUT2D eigenvalue weighted by molar-refractivity contribution is 5.67. The Kier molecular flexibility index (Phi) is 4.54. The van der Waals surface area contributed by atoms with Gasteiger partial charge in [-0.05, 0) is 19.1 Å². The molecule has 0 unspecified atom stereocenters. The summed E-state index contributed by atoms with van der Waals surface area (Å²) in [5.41, 5.74) is -0.671. The van der Waals surface area contributed by atoms with Crippen molar-refractivity contribution < 1.29 is 19.1 Å². The lowest BCUT2D eigenvalue weighted by atomic mass is 10.0. The second-order valence-electron chi connectivity index (χ2n) is 6.13. The van der Waals surface area contributed by atoms with Crippen LogP contribution in [0.1, 0.15) is 26.8 Å². The molecule has 26 heavy (non-hydrogen) atoms. The van der Waals surface area contributed by atoms with Gasteiger partial charge in [0.25, 0.3) is 0 Å². The van der Waals surface area contributed by atoms with Crippen LogP contribution in [0, 0.1) is 0 Å². The lowest BCUT2D eigenvalue weighted by Crippen LogP contribution is -2.52. The summed E-state index contributed by atoms with van der Waals surface area (Å²) in [6.45, 7) is 4.01. The van der Waals surface area contributed by atoms with Crippen LogP contribution >= 0.6 is 0 Å². The van der Waals surface area contributed by atoms with Crippen LogP contribution < -0.4 is 11.4 Å². The van der Waals surface area contributed by atoms with E-state index in [2.05, 4.69) is 0 Å². The largest absolute Gasteiger partial charge is 0.457 e. The number of para-hydroxylation sites is 1. The van der Waals surface area contributed by atoms with Crippen LogP contribution in [0.3, 0.4) is 0 Å². The minimum atomic E-state index is -0.875. The van der Waals surface area contributed by atoms with Crippen molar-refractivity contribution in [1.82, 2.24) is 13.9 Å². The van der Waals surface area contributed by atoms with E-state index >= 15 is 0 Å². The molecule has 0 bridgehead atoms. The molecule has 2 aromatic rings. The molecule has 0 saturated heterocycles. The Morgan fingerprint density at radius 1 is 1.00 bits per heavy atom. The van der Waals surface area contributed by atoms with Crippen LogP contribution in [0.15, 0.2) is 39.9 Å². The molecule has 0 fully saturated rings. The number of fused-ring (bicyclic) bond motifs is 1. The number of nitrogens with zero attached hydrogens (tertiary/aromatic N) is 3. The van der Waals surface area contributed by atoms with Crippen LogP contribution in [-0.2, 0) is 25.6 Å². The van der Waals surface area contributed by atoms with E-state index in [1.165, 1.54) is 23.2 Å². The van der Waals surface area contributed by atoms with Gasteiger partial charge in [0.05, 0.1) is 18.3 Å². The normalized spacial score (nSPS) is 21.7. The predicted octanol–water partition coefficient (Wildman–Crippen LogP) is 0.239. The van der Waals surface area contributed by atoms with Crippen molar-refractivity contribution in [2.45, 2.75) is 45.6 Å². The quantitative estimate of drug-likeness (QED) is 0.726. The number of hydrogen-bond donors (Lipinski definition) is 0. The molecule has 3 atom stereocenters. The first-order valence-electron chi connectivity index (χ1n) is 8.15. The summed E-state index contributed by atoms with van der Waals surface area (Å²) in [5.74, 6) is -1.13. The van der Waals surface area contributed by atoms with Gasteiger partial charge in [0.2, 0.25) is 0 Å². The third kappa shape index (κ3) is 2.96. The summed E-state index contributed by atoms with van der Waals surface area (Å²) in [5, 5.41) is 0. The molecule has 138 valence electrons. The molecular formula is C17H19N3O6. The zero-order valence-corrected chi connectivity index (χ0v) is 14.6. The fourth-order valence-electron chi connectivity index (χ4n) is 3.26. The van der Waals surface area contributed by atoms with Crippen molar-refractivity contribution >= 4 is 11.9 Å². The Labute approximate surface area is 148 Å². The van der Waals surface area contributed by atoms with E-state index in [0.717, 1.165) is 4.57 Å². The van der Waals surface area contributed by atoms with Crippen LogP contribution in [0.5, 0.6) is 0 Å². The van der Waals surface area contributed by atoms with E-state index < -0.39 is 41.6 Å². The van der Waals surface area contributed by atoms with Crippen molar-refractivity contribution in [2.75, 3.05) is 0 Å². The summed E-state index contributed by atoms with van der Waals surface area (Å²) >= 11 is 0. The number of aromatic nitrogens is 3. The van der Waals surface area contributed by atoms with Gasteiger partial charge in [-0.1, -0.05) is 18.2 Å². The molecule has 0 N–H and O–H groups in total. The number of hydrogen-bond acceptors (Lipinski definition) is 6. The molecule has 1 aliphatic heterocycles. The zero-order valence-electron chi connectivity index (χ0n) is 14.6. The molecule has 9 heteroatoms. The summed E-state index contributed by atoms with van der Waals surface area (Å²) in [6.07, 6.45) is -1.74. The van der Waals surface area contributed by atoms with Crippen molar-refractivity contribution in [3.63, 3.8) is 0 Å². The topological polar surface area (TPSA) is 102 Å². The number of esters is 2. The standard InChI is InChI=1S/C17H19N3O6/c1-10-15(26-12(3)22)14(25-11(2)21)9-18-16(23)19(17(24)20(10)18)13-7-5-4-6-8-13/h4-8,10,14-15H,9H2,1-3H3/t10-,14-,15-/m1/s1. The molecule has 0 amide bonds. The zero-order chi connectivity index (χ0) is 19.0. The lowest BCUT2D eigenvalue weighted by molar-refractivity contribution is -0.175. The van der Waals surface area contributed by atoms with Crippen LogP contribution in [0.4, 0.5) is 0 Å². The molecule has 1 aliphatic rings. The van der Waals surface area contributed by atoms with Gasteiger partial charge in [-0.25, -0.2) is 23.5 Å². The number of benzene rings is 1. The third-order valence-corrected chi connectivity index (χ3v) is 4.27. The summed E-state index contributed by atoms with van der Waals surface area (Å²) in [4.78, 5) is 48.5. The van der Waals surface area contributed by atoms with E-state index in [1.54, 1.807) is 37.3 Å². The lowest BCUT2D eigenvalue weighted by Gasteiger charge is -2.36. The maximum Gasteiger partial charge on any atom is 0.352 e. The second kappa shape index (κ2) is 6.66. The monoisotopic (exact) mass is 361 g/mol. The molecule has 3 rings (SSSR count). The Hall–Kier alpha value is -3.10. The minimum Gasteiger partial charge on any atom is -0.457 e. The summed E-state index contributed by atoms with van der Waals surface area (Å²) in [7, 11) is 0. The molecular weight excluding hydrogens is 342 g/mol. The van der Waals surface area contributed by atoms with Crippen LogP contribution in [0.2, 0.25) is 0 Å². The molecule has 2 heterocycles. The average molecular weight is 361 g/mol. The van der Waals surface area contributed by atoms with E-state index in [1.807, 2.05) is 0 Å². The third-order valence-electron chi connectivity index (χ3n) is 4.27. The van der Waals surface area contributed by atoms with Gasteiger partial charge in [-0.2, -0.15) is 0 Å². The van der Waals surface area contributed by atoms with Crippen molar-refractivity contribution in [3.8, 4) is 5.69 Å². The molecule has 1 aromatic heterocycles. The van der Waals surface area contributed by atoms with E-state index in [0.29, 0.717) is 5.69 Å². The minimum absolute atomic E-state index is 0.0875. The molecule has 0 radical (unpaired) electrons. The van der Waals surface area contributed by atoms with E-state index in [4.69, 9.17) is 9.47 Å². The first kappa shape index (κ1) is 17.7. The number of rotatable bonds is 3. The van der Waals surface area contributed by atoms with Gasteiger partial charge < -0.3 is 9.47 Å². The number of ether oxygens (including phenoxy) is 2. The second-order valence-corrected chi connectivity index (χ2v) is 6.13. The fourth-order valence-corrected chi connectivity index (χ4v) is 3.26. The van der Waals surface area contributed by atoms with Gasteiger partial charge in [0.1, 0.15) is 0 Å². The maximum atomic E-state index is 12.9. The van der Waals surface area contributed by atoms with Gasteiger partial charge >= 0.3 is 23.3 Å². The maximum absolute atomic E-state index is 12.9. The predicted molar refractivity (Wildman–Crippen MR) is 90.1 cm³/mol. The molecule has 1 aromatic carbocycles. The van der Waals surface area contributed by atoms with Crippen molar-refractivity contribution in [3.05, 3.63) is 51.3 Å². The summed E-state index contributed by atoms with van der Waals surface area (Å²) < 4.78 is 14.0. The number of carbonyl (C=O) groups is 2. The van der Waals surface area contributed by atoms with Crippen LogP contribution in [-0.4, -0.2) is 38.1 Å². The average Bonchev–Trinajstić information content (AvgIpc) is 2.82. The van der Waals surface area contributed by atoms with Gasteiger partial charge in [0, 0.05) is 13.8 Å². The molecule has 9 nitrogen and oxygen atoms in total. The van der Waals surface area contributed by atoms with Crippen LogP contribution in [0.25, 0.3) is 5.69 Å². The fraction of sp³-hybridized carbons (Fsp3) is 0.412. The Morgan fingerprint density at radius 2 is 1.62 bits per heavy atom. The highest BCUT2D eigenvalue weighted by Crippen LogP contribution is 2.24. The molecule has 0 spiro atoms. The van der Waals surface area contributed by atoms with Gasteiger partial charge in [-0.3, -0.25) is 9.59 Å². The van der Waals surface area contributed by atoms with Gasteiger partial charge in [-0.15, -0.1) is 0 Å². The highest BCUT2D eigenvalue weighted by atomic mass is 16.6. The van der Waals surface area contributed by atoms with E-state index in [9.17, 15) is 19.2 Å². The molecule has 0 aliphatic carbocycles. The highest BCUT2D eigenvalue weighted by Gasteiger charge is 2.41. The first-order valence-corrected chi connectivity index (χ1v) is 8.15. The SMILES string of the molecule is CC(=O)O[C@@H]1[C@@H](C)n2c(=O)n(-c3ccccc3)c(=O)n2C[C@H]1OC(C)=O. The Bertz CT molecular complexity index is 955. The Morgan fingerprint density at radius 3 is 2.19 bits per heavy atom. The smallest absolute Gasteiger partial charge is 0.352 e. The van der Waals surface area contributed by atoms with Crippen molar-refractivity contribution in [1.29, 1.82) is 0 Å². The van der Waals surface area contributed by atoms with Crippen molar-refractivity contribution in [2.24, 2.45) is 0 Å². The Balaban J connectivity index is 2.15. The van der Waals surface area contributed by atoms with E-state index in [-0.39, 0.29) is 6.54 Å². The molecule has 0 saturated carbocycles. The van der Waals surface area contributed by atoms with Gasteiger partial charge in [0.15, 0.2) is 12.2 Å². The summed E-state index contributed by atoms with van der Waals surface area (Å²) in [6, 6.07) is 7.81. The number of carbonyl (C=O) groups excluding carboxylic acids is 2. The first-order chi connectivity index (χ1) is 12.3.